The fourth-order valence-electron chi connectivity index (χ4n) is 2.09. The van der Waals surface area contributed by atoms with E-state index in [0.717, 1.165) is 25.4 Å². The lowest BCUT2D eigenvalue weighted by Crippen LogP contribution is -2.33. The van der Waals surface area contributed by atoms with E-state index in [9.17, 15) is 27.2 Å². The van der Waals surface area contributed by atoms with E-state index < -0.39 is 30.2 Å². The molecule has 154 valence electrons. The Morgan fingerprint density at radius 1 is 1.24 bits per heavy atom. The fraction of sp³-hybridized carbons (Fsp3) is 0.167. The first-order valence-corrected chi connectivity index (χ1v) is 7.83. The van der Waals surface area contributed by atoms with Crippen molar-refractivity contribution >= 4 is 23.6 Å². The van der Waals surface area contributed by atoms with Crippen molar-refractivity contribution in [2.45, 2.75) is 12.5 Å². The molecule has 0 saturated carbocycles. The number of rotatable bonds is 8. The van der Waals surface area contributed by atoms with E-state index in [1.54, 1.807) is 0 Å². The minimum Gasteiger partial charge on any atom is -0.493 e. The third kappa shape index (κ3) is 5.67. The number of alkyl halides is 4. The van der Waals surface area contributed by atoms with Gasteiger partial charge in [0.15, 0.2) is 11.5 Å². The first-order valence-electron chi connectivity index (χ1n) is 7.83. The van der Waals surface area contributed by atoms with Crippen molar-refractivity contribution in [1.82, 2.24) is 4.98 Å². The molecule has 0 atom stereocenters. The number of benzene rings is 1. The molecule has 0 unspecified atom stereocenters. The molecule has 0 bridgehead atoms. The highest BCUT2D eigenvalue weighted by Crippen LogP contribution is 2.35. The van der Waals surface area contributed by atoms with Gasteiger partial charge in [-0.15, -0.1) is 0 Å². The summed E-state index contributed by atoms with van der Waals surface area (Å²) in [7, 11) is 1.12. The molecule has 2 N–H and O–H groups in total. The van der Waals surface area contributed by atoms with E-state index >= 15 is 0 Å². The Morgan fingerprint density at radius 2 is 1.97 bits per heavy atom. The molecule has 1 heterocycles. The summed E-state index contributed by atoms with van der Waals surface area (Å²) in [5.74, 6) is -2.81. The van der Waals surface area contributed by atoms with Gasteiger partial charge in [-0.05, 0) is 29.8 Å². The lowest BCUT2D eigenvalue weighted by molar-refractivity contribution is -0.253. The van der Waals surface area contributed by atoms with Crippen molar-refractivity contribution in [1.29, 1.82) is 0 Å². The second-order valence-electron chi connectivity index (χ2n) is 5.42. The number of carbonyl (C=O) groups excluding carboxylic acids is 1. The van der Waals surface area contributed by atoms with Gasteiger partial charge >= 0.3 is 18.5 Å². The van der Waals surface area contributed by atoms with Crippen LogP contribution in [0.2, 0.25) is 0 Å². The van der Waals surface area contributed by atoms with Crippen molar-refractivity contribution in [3.63, 3.8) is 0 Å². The van der Waals surface area contributed by atoms with Gasteiger partial charge in [-0.25, -0.2) is 4.79 Å². The standard InChI is InChI=1S/C18H14F4N2O5/c1-28-14-8-10(2-4-13(14)29-18(21,22)17(19)20)3-5-15(25)24-12-9-23-7-6-11(12)16(26)27/h2-9,17H,1H3,(H,24,25)(H,26,27)/b5-3+. The van der Waals surface area contributed by atoms with Crippen LogP contribution in [0.15, 0.2) is 42.7 Å². The van der Waals surface area contributed by atoms with Crippen molar-refractivity contribution < 1.29 is 41.7 Å². The van der Waals surface area contributed by atoms with Crippen molar-refractivity contribution in [3.05, 3.63) is 53.9 Å². The average Bonchev–Trinajstić information content (AvgIpc) is 2.67. The predicted molar refractivity (Wildman–Crippen MR) is 93.4 cm³/mol. The van der Waals surface area contributed by atoms with Crippen LogP contribution >= 0.6 is 0 Å². The first kappa shape index (κ1) is 21.7. The molecule has 0 saturated heterocycles. The normalized spacial score (nSPS) is 11.5. The maximum Gasteiger partial charge on any atom is 0.461 e. The SMILES string of the molecule is COc1cc(/C=C/C(=O)Nc2cnccc2C(=O)O)ccc1OC(F)(F)C(F)F. The van der Waals surface area contributed by atoms with Crippen LogP contribution in [-0.2, 0) is 4.79 Å². The smallest absolute Gasteiger partial charge is 0.461 e. The van der Waals surface area contributed by atoms with E-state index in [-0.39, 0.29) is 17.0 Å². The third-order valence-electron chi connectivity index (χ3n) is 3.42. The number of hydrogen-bond acceptors (Lipinski definition) is 5. The molecule has 1 aromatic carbocycles. The molecule has 11 heteroatoms. The van der Waals surface area contributed by atoms with Gasteiger partial charge in [-0.1, -0.05) is 6.07 Å². The number of pyridine rings is 1. The summed E-state index contributed by atoms with van der Waals surface area (Å²) < 4.78 is 59.5. The number of amides is 1. The van der Waals surface area contributed by atoms with Gasteiger partial charge in [0.25, 0.3) is 0 Å². The van der Waals surface area contributed by atoms with Gasteiger partial charge in [-0.3, -0.25) is 9.78 Å². The van der Waals surface area contributed by atoms with Crippen LogP contribution in [0.4, 0.5) is 23.2 Å². The average molecular weight is 414 g/mol. The van der Waals surface area contributed by atoms with Crippen molar-refractivity contribution in [2.24, 2.45) is 0 Å². The zero-order chi connectivity index (χ0) is 21.6. The predicted octanol–water partition coefficient (Wildman–Crippen LogP) is 3.68. The van der Waals surface area contributed by atoms with Crippen molar-refractivity contribution in [3.8, 4) is 11.5 Å². The summed E-state index contributed by atoms with van der Waals surface area (Å²) in [6.07, 6.45) is -4.00. The highest BCUT2D eigenvalue weighted by Gasteiger charge is 2.44. The molecule has 0 aliphatic heterocycles. The highest BCUT2D eigenvalue weighted by atomic mass is 19.3. The van der Waals surface area contributed by atoms with Crippen LogP contribution in [0.1, 0.15) is 15.9 Å². The number of ether oxygens (including phenoxy) is 2. The number of halogens is 4. The zero-order valence-electron chi connectivity index (χ0n) is 14.7. The summed E-state index contributed by atoms with van der Waals surface area (Å²) in [6, 6.07) is 4.61. The number of methoxy groups -OCH3 is 1. The summed E-state index contributed by atoms with van der Waals surface area (Å²) in [5, 5.41) is 11.4. The van der Waals surface area contributed by atoms with Gasteiger partial charge in [0.1, 0.15) is 0 Å². The maximum atomic E-state index is 13.1. The number of carboxylic acids is 1. The Bertz CT molecular complexity index is 934. The second-order valence-corrected chi connectivity index (χ2v) is 5.42. The molecule has 1 amide bonds. The number of carboxylic acid groups (broad SMARTS) is 1. The third-order valence-corrected chi connectivity index (χ3v) is 3.42. The summed E-state index contributed by atoms with van der Waals surface area (Å²) in [6.45, 7) is 0. The van der Waals surface area contributed by atoms with Gasteiger partial charge in [0, 0.05) is 12.3 Å². The lowest BCUT2D eigenvalue weighted by atomic mass is 10.2. The molecule has 0 spiro atoms. The maximum absolute atomic E-state index is 13.1. The molecule has 0 radical (unpaired) electrons. The lowest BCUT2D eigenvalue weighted by Gasteiger charge is -2.18. The molecule has 2 rings (SSSR count). The molecular formula is C18H14F4N2O5. The molecular weight excluding hydrogens is 400 g/mol. The molecule has 7 nitrogen and oxygen atoms in total. The second kappa shape index (κ2) is 9.04. The minimum absolute atomic E-state index is 0.0230. The summed E-state index contributed by atoms with van der Waals surface area (Å²) in [5.41, 5.74) is 0.115. The van der Waals surface area contributed by atoms with Gasteiger partial charge < -0.3 is 19.9 Å². The van der Waals surface area contributed by atoms with E-state index in [1.807, 2.05) is 0 Å². The van der Waals surface area contributed by atoms with Crippen LogP contribution in [-0.4, -0.2) is 41.6 Å². The summed E-state index contributed by atoms with van der Waals surface area (Å²) in [4.78, 5) is 26.8. The Hall–Kier alpha value is -3.63. The molecule has 0 aliphatic rings. The number of aromatic carboxylic acids is 1. The quantitative estimate of drug-likeness (QED) is 0.505. The van der Waals surface area contributed by atoms with Crippen LogP contribution < -0.4 is 14.8 Å². The number of hydrogen-bond donors (Lipinski definition) is 2. The molecule has 2 aromatic rings. The number of nitrogens with zero attached hydrogens (tertiary/aromatic N) is 1. The molecule has 29 heavy (non-hydrogen) atoms. The van der Waals surface area contributed by atoms with Crippen LogP contribution in [0.25, 0.3) is 6.08 Å². The number of aromatic nitrogens is 1. The van der Waals surface area contributed by atoms with Crippen LogP contribution in [0, 0.1) is 0 Å². The van der Waals surface area contributed by atoms with Crippen LogP contribution in [0.5, 0.6) is 11.5 Å². The van der Waals surface area contributed by atoms with Gasteiger partial charge in [0.2, 0.25) is 5.91 Å². The summed E-state index contributed by atoms with van der Waals surface area (Å²) >= 11 is 0. The van der Waals surface area contributed by atoms with E-state index in [4.69, 9.17) is 9.84 Å². The van der Waals surface area contributed by atoms with E-state index in [2.05, 4.69) is 15.0 Å². The monoisotopic (exact) mass is 414 g/mol. The Labute approximate surface area is 161 Å². The number of carbonyl (C=O) groups is 2. The van der Waals surface area contributed by atoms with E-state index in [1.165, 1.54) is 30.5 Å². The number of anilines is 1. The Balaban J connectivity index is 2.15. The topological polar surface area (TPSA) is 97.8 Å². The van der Waals surface area contributed by atoms with Gasteiger partial charge in [0.05, 0.1) is 24.6 Å². The highest BCUT2D eigenvalue weighted by molar-refractivity contribution is 6.05. The van der Waals surface area contributed by atoms with Crippen molar-refractivity contribution in [2.75, 3.05) is 12.4 Å². The Kier molecular flexibility index (Phi) is 6.75. The van der Waals surface area contributed by atoms with Crippen LogP contribution in [0.3, 0.4) is 0 Å². The fourth-order valence-corrected chi connectivity index (χ4v) is 2.09. The largest absolute Gasteiger partial charge is 0.493 e. The molecule has 0 fully saturated rings. The zero-order valence-corrected chi connectivity index (χ0v) is 14.7. The first-order chi connectivity index (χ1) is 13.6. The Morgan fingerprint density at radius 3 is 2.59 bits per heavy atom. The van der Waals surface area contributed by atoms with E-state index in [0.29, 0.717) is 5.56 Å². The number of nitrogens with one attached hydrogen (secondary N) is 1. The molecule has 0 aliphatic carbocycles. The minimum atomic E-state index is -4.70. The molecule has 1 aromatic heterocycles. The van der Waals surface area contributed by atoms with Gasteiger partial charge in [-0.2, -0.15) is 17.6 Å².